The van der Waals surface area contributed by atoms with Gasteiger partial charge in [0.25, 0.3) is 12.4 Å². The Labute approximate surface area is 187 Å². The largest absolute Gasteiger partial charge is 0.429 e. The molecular weight excluding hydrogens is 435 g/mol. The molecule has 8 heteroatoms. The van der Waals surface area contributed by atoms with Gasteiger partial charge >= 0.3 is 0 Å². The second-order valence-corrected chi connectivity index (χ2v) is 8.26. The van der Waals surface area contributed by atoms with Crippen molar-refractivity contribution in [1.82, 2.24) is 9.88 Å². The van der Waals surface area contributed by atoms with Gasteiger partial charge in [-0.3, -0.25) is 14.5 Å². The molecule has 2 heterocycles. The first-order chi connectivity index (χ1) is 15.0. The van der Waals surface area contributed by atoms with Crippen molar-refractivity contribution in [2.24, 2.45) is 0 Å². The van der Waals surface area contributed by atoms with Crippen LogP contribution in [0.25, 0.3) is 17.3 Å². The number of hydrogen-bond donors (Lipinski definition) is 0. The summed E-state index contributed by atoms with van der Waals surface area (Å²) in [5.74, 6) is -0.0903. The van der Waals surface area contributed by atoms with E-state index < -0.39 is 0 Å². The molecule has 1 fully saturated rings. The Morgan fingerprint density at radius 2 is 1.81 bits per heavy atom. The molecule has 0 aliphatic carbocycles. The maximum atomic E-state index is 13.1. The van der Waals surface area contributed by atoms with Crippen molar-refractivity contribution in [1.29, 1.82) is 0 Å². The molecule has 154 valence electrons. The van der Waals surface area contributed by atoms with Gasteiger partial charge in [-0.15, -0.1) is 0 Å². The summed E-state index contributed by atoms with van der Waals surface area (Å²) in [5.41, 5.74) is 2.97. The molecule has 1 saturated heterocycles. The van der Waals surface area contributed by atoms with E-state index in [1.807, 2.05) is 12.1 Å². The molecule has 4 rings (SSSR count). The first-order valence-electron chi connectivity index (χ1n) is 9.21. The molecule has 3 aromatic rings. The molecule has 31 heavy (non-hydrogen) atoms. The minimum Gasteiger partial charge on any atom is -0.429 e. The molecule has 1 aliphatic heterocycles. The number of carbonyl (C=O) groups excluding carboxylic acids is 2. The van der Waals surface area contributed by atoms with Crippen molar-refractivity contribution in [3.05, 3.63) is 88.7 Å². The zero-order valence-electron chi connectivity index (χ0n) is 16.0. The monoisotopic (exact) mass is 450 g/mol. The molecule has 0 bridgehead atoms. The van der Waals surface area contributed by atoms with Crippen molar-refractivity contribution in [2.75, 3.05) is 0 Å². The van der Waals surface area contributed by atoms with Crippen LogP contribution < -0.4 is 4.74 Å². The van der Waals surface area contributed by atoms with Crippen LogP contribution in [0.3, 0.4) is 0 Å². The average molecular weight is 451 g/mol. The van der Waals surface area contributed by atoms with Crippen LogP contribution in [0.5, 0.6) is 5.75 Å². The summed E-state index contributed by atoms with van der Waals surface area (Å²) in [6, 6.07) is 18.4. The summed E-state index contributed by atoms with van der Waals surface area (Å²) < 4.78 is 18.4. The van der Waals surface area contributed by atoms with E-state index in [9.17, 15) is 14.0 Å². The lowest BCUT2D eigenvalue weighted by Crippen LogP contribution is -2.27. The fourth-order valence-corrected chi connectivity index (χ4v) is 4.24. The van der Waals surface area contributed by atoms with Crippen molar-refractivity contribution < 1.29 is 18.7 Å². The molecule has 0 unspecified atom stereocenters. The molecule has 2 aromatic carbocycles. The first kappa shape index (κ1) is 20.9. The highest BCUT2D eigenvalue weighted by molar-refractivity contribution is 8.26. The third-order valence-corrected chi connectivity index (χ3v) is 5.89. The number of aromatic nitrogens is 1. The van der Waals surface area contributed by atoms with Gasteiger partial charge in [0.2, 0.25) is 0 Å². The molecule has 1 amide bonds. The van der Waals surface area contributed by atoms with Gasteiger partial charge in [-0.25, -0.2) is 9.37 Å². The number of thioether (sulfide) groups is 1. The molecule has 0 N–H and O–H groups in total. The Kier molecular flexibility index (Phi) is 6.20. The molecule has 0 radical (unpaired) electrons. The molecular formula is C23H15FN2O3S2. The Hall–Kier alpha value is -3.36. The van der Waals surface area contributed by atoms with E-state index in [1.54, 1.807) is 48.5 Å². The van der Waals surface area contributed by atoms with Crippen LogP contribution in [-0.2, 0) is 16.1 Å². The predicted octanol–water partition coefficient (Wildman–Crippen LogP) is 4.82. The summed E-state index contributed by atoms with van der Waals surface area (Å²) in [6.45, 7) is 0.658. The Balaban J connectivity index is 1.53. The van der Waals surface area contributed by atoms with E-state index in [1.165, 1.54) is 28.8 Å². The summed E-state index contributed by atoms with van der Waals surface area (Å²) in [5, 5.41) is 0. The summed E-state index contributed by atoms with van der Waals surface area (Å²) >= 11 is 6.58. The number of thiocarbonyl (C=S) groups is 1. The summed E-state index contributed by atoms with van der Waals surface area (Å²) in [6.07, 6.45) is 1.71. The predicted molar refractivity (Wildman–Crippen MR) is 121 cm³/mol. The number of carbonyl (C=O) groups is 2. The van der Waals surface area contributed by atoms with Crippen LogP contribution in [0.4, 0.5) is 4.39 Å². The smallest absolute Gasteiger partial charge is 0.298 e. The highest BCUT2D eigenvalue weighted by Gasteiger charge is 2.32. The SMILES string of the molecule is O=COc1ccc(-c2cccc(/C=C3\SC(=S)N(Cc4ccc(F)cc4)C3=O)n2)cc1. The standard InChI is InChI=1S/C23H15FN2O3S2/c24-17-8-4-15(5-9-17)13-26-22(28)21(31-23(26)30)12-18-2-1-3-20(25-18)16-6-10-19(11-7-16)29-14-27/h1-12,14H,13H2/b21-12-. The van der Waals surface area contributed by atoms with Crippen LogP contribution in [-0.4, -0.2) is 26.6 Å². The van der Waals surface area contributed by atoms with Crippen LogP contribution in [0.1, 0.15) is 11.3 Å². The van der Waals surface area contributed by atoms with E-state index in [0.29, 0.717) is 32.8 Å². The van der Waals surface area contributed by atoms with Crippen LogP contribution in [0, 0.1) is 5.82 Å². The number of nitrogens with zero attached hydrogens (tertiary/aromatic N) is 2. The number of halogens is 1. The van der Waals surface area contributed by atoms with E-state index in [2.05, 4.69) is 4.98 Å². The van der Waals surface area contributed by atoms with Gasteiger partial charge in [-0.2, -0.15) is 0 Å². The van der Waals surface area contributed by atoms with E-state index in [4.69, 9.17) is 17.0 Å². The molecule has 1 aromatic heterocycles. The maximum Gasteiger partial charge on any atom is 0.298 e. The van der Waals surface area contributed by atoms with Crippen molar-refractivity contribution in [2.45, 2.75) is 6.54 Å². The Morgan fingerprint density at radius 1 is 1.06 bits per heavy atom. The summed E-state index contributed by atoms with van der Waals surface area (Å²) in [7, 11) is 0. The highest BCUT2D eigenvalue weighted by atomic mass is 32.2. The number of rotatable bonds is 6. The zero-order valence-corrected chi connectivity index (χ0v) is 17.7. The van der Waals surface area contributed by atoms with Gasteiger partial charge < -0.3 is 4.74 Å². The lowest BCUT2D eigenvalue weighted by molar-refractivity contribution is -0.122. The number of ether oxygens (including phenoxy) is 1. The van der Waals surface area contributed by atoms with Crippen molar-refractivity contribution >= 4 is 46.8 Å². The highest BCUT2D eigenvalue weighted by Crippen LogP contribution is 2.33. The van der Waals surface area contributed by atoms with Crippen LogP contribution >= 0.6 is 24.0 Å². The number of amides is 1. The molecule has 1 aliphatic rings. The maximum absolute atomic E-state index is 13.1. The third-order valence-electron chi connectivity index (χ3n) is 4.51. The van der Waals surface area contributed by atoms with Crippen molar-refractivity contribution in [3.8, 4) is 17.0 Å². The molecule has 0 atom stereocenters. The van der Waals surface area contributed by atoms with Gasteiger partial charge in [0, 0.05) is 5.56 Å². The van der Waals surface area contributed by atoms with Gasteiger partial charge in [0.05, 0.1) is 22.8 Å². The lowest BCUT2D eigenvalue weighted by Gasteiger charge is -2.14. The molecule has 0 saturated carbocycles. The fourth-order valence-electron chi connectivity index (χ4n) is 3.00. The minimum absolute atomic E-state index is 0.207. The quantitative estimate of drug-likeness (QED) is 0.305. The minimum atomic E-state index is -0.328. The van der Waals surface area contributed by atoms with E-state index in [0.717, 1.165) is 11.1 Å². The summed E-state index contributed by atoms with van der Waals surface area (Å²) in [4.78, 5) is 29.9. The van der Waals surface area contributed by atoms with Gasteiger partial charge in [-0.05, 0) is 60.2 Å². The lowest BCUT2D eigenvalue weighted by atomic mass is 10.1. The molecule has 5 nitrogen and oxygen atoms in total. The van der Waals surface area contributed by atoms with Gasteiger partial charge in [-0.1, -0.05) is 42.2 Å². The normalized spacial score (nSPS) is 14.9. The second-order valence-electron chi connectivity index (χ2n) is 6.58. The van der Waals surface area contributed by atoms with E-state index >= 15 is 0 Å². The number of hydrogen-bond acceptors (Lipinski definition) is 6. The number of benzene rings is 2. The fraction of sp³-hybridized carbons (Fsp3) is 0.0435. The van der Waals surface area contributed by atoms with Crippen molar-refractivity contribution in [3.63, 3.8) is 0 Å². The second kappa shape index (κ2) is 9.20. The third kappa shape index (κ3) is 4.87. The Morgan fingerprint density at radius 3 is 2.52 bits per heavy atom. The van der Waals surface area contributed by atoms with Crippen LogP contribution in [0.15, 0.2) is 71.6 Å². The first-order valence-corrected chi connectivity index (χ1v) is 10.4. The zero-order chi connectivity index (χ0) is 21.8. The molecule has 0 spiro atoms. The van der Waals surface area contributed by atoms with Crippen LogP contribution in [0.2, 0.25) is 0 Å². The number of pyridine rings is 1. The topological polar surface area (TPSA) is 59.5 Å². The van der Waals surface area contributed by atoms with Gasteiger partial charge in [0.1, 0.15) is 15.9 Å². The van der Waals surface area contributed by atoms with E-state index in [-0.39, 0.29) is 18.3 Å². The Bertz CT molecular complexity index is 1180. The van der Waals surface area contributed by atoms with Gasteiger partial charge in [0.15, 0.2) is 0 Å². The average Bonchev–Trinajstić information content (AvgIpc) is 3.03.